The van der Waals surface area contributed by atoms with Gasteiger partial charge in [-0.3, -0.25) is 4.79 Å². The second-order valence-corrected chi connectivity index (χ2v) is 8.41. The molecule has 1 aliphatic rings. The van der Waals surface area contributed by atoms with E-state index in [1.807, 2.05) is 18.2 Å². The summed E-state index contributed by atoms with van der Waals surface area (Å²) in [4.78, 5) is 21.6. The number of anilines is 2. The van der Waals surface area contributed by atoms with Crippen LogP contribution in [0.15, 0.2) is 48.5 Å². The Bertz CT molecular complexity index is 1040. The van der Waals surface area contributed by atoms with Gasteiger partial charge in [-0.05, 0) is 62.5 Å². The number of rotatable bonds is 5. The average molecular weight is 411 g/mol. The number of amides is 1. The van der Waals surface area contributed by atoms with Crippen LogP contribution in [-0.2, 0) is 4.79 Å². The molecule has 1 amide bonds. The van der Waals surface area contributed by atoms with Crippen LogP contribution in [0.25, 0.3) is 16.3 Å². The molecule has 0 saturated carbocycles. The number of thiazole rings is 1. The largest absolute Gasteiger partial charge is 0.346 e. The molecule has 0 spiro atoms. The van der Waals surface area contributed by atoms with Gasteiger partial charge in [0.25, 0.3) is 0 Å². The lowest BCUT2D eigenvalue weighted by Gasteiger charge is -2.19. The molecular formula is C22H23FN4OS. The van der Waals surface area contributed by atoms with Crippen molar-refractivity contribution < 1.29 is 9.18 Å². The van der Waals surface area contributed by atoms with E-state index in [1.54, 1.807) is 29.5 Å². The Morgan fingerprint density at radius 1 is 1.28 bits per heavy atom. The van der Waals surface area contributed by atoms with E-state index in [9.17, 15) is 9.18 Å². The minimum atomic E-state index is -0.296. The second kappa shape index (κ2) is 8.31. The van der Waals surface area contributed by atoms with Crippen molar-refractivity contribution in [2.75, 3.05) is 37.4 Å². The van der Waals surface area contributed by atoms with Crippen molar-refractivity contribution in [3.05, 3.63) is 59.9 Å². The molecule has 1 atom stereocenters. The Morgan fingerprint density at radius 3 is 2.79 bits per heavy atom. The van der Waals surface area contributed by atoms with Crippen LogP contribution in [0.2, 0.25) is 0 Å². The van der Waals surface area contributed by atoms with Gasteiger partial charge in [0.05, 0.1) is 10.2 Å². The summed E-state index contributed by atoms with van der Waals surface area (Å²) in [6, 6.07) is 12.3. The summed E-state index contributed by atoms with van der Waals surface area (Å²) in [5.74, 6) is -0.526. The minimum absolute atomic E-state index is 0.230. The number of aromatic nitrogens is 1. The predicted octanol–water partition coefficient (Wildman–Crippen LogP) is 4.23. The molecule has 4 rings (SSSR count). The van der Waals surface area contributed by atoms with E-state index in [0.29, 0.717) is 6.04 Å². The molecular weight excluding hydrogens is 387 g/mol. The minimum Gasteiger partial charge on any atom is -0.346 e. The fraction of sp³-hybridized carbons (Fsp3) is 0.273. The zero-order chi connectivity index (χ0) is 20.4. The smallest absolute Gasteiger partial charge is 0.248 e. The molecule has 0 bridgehead atoms. The number of halogens is 1. The van der Waals surface area contributed by atoms with Crippen molar-refractivity contribution in [2.24, 2.45) is 0 Å². The third-order valence-electron chi connectivity index (χ3n) is 5.11. The van der Waals surface area contributed by atoms with Crippen LogP contribution < -0.4 is 10.2 Å². The molecule has 29 heavy (non-hydrogen) atoms. The first-order valence-corrected chi connectivity index (χ1v) is 10.4. The Hall–Kier alpha value is -2.77. The van der Waals surface area contributed by atoms with Crippen LogP contribution in [0.1, 0.15) is 12.0 Å². The molecule has 2 aromatic carbocycles. The van der Waals surface area contributed by atoms with Gasteiger partial charge in [-0.1, -0.05) is 23.5 Å². The number of hydrogen-bond acceptors (Lipinski definition) is 5. The van der Waals surface area contributed by atoms with Gasteiger partial charge in [0.15, 0.2) is 5.13 Å². The van der Waals surface area contributed by atoms with E-state index < -0.39 is 0 Å². The van der Waals surface area contributed by atoms with E-state index >= 15 is 0 Å². The number of fused-ring (bicyclic) bond motifs is 1. The van der Waals surface area contributed by atoms with Crippen molar-refractivity contribution in [1.82, 2.24) is 9.88 Å². The highest BCUT2D eigenvalue weighted by atomic mass is 32.1. The van der Waals surface area contributed by atoms with Gasteiger partial charge >= 0.3 is 0 Å². The topological polar surface area (TPSA) is 48.5 Å². The summed E-state index contributed by atoms with van der Waals surface area (Å²) in [5, 5.41) is 3.91. The lowest BCUT2D eigenvalue weighted by Crippen LogP contribution is -2.31. The molecule has 0 aliphatic carbocycles. The van der Waals surface area contributed by atoms with Crippen molar-refractivity contribution in [3.63, 3.8) is 0 Å². The molecule has 1 saturated heterocycles. The monoisotopic (exact) mass is 410 g/mol. The molecule has 5 nitrogen and oxygen atoms in total. The van der Waals surface area contributed by atoms with Gasteiger partial charge in [-0.15, -0.1) is 0 Å². The third kappa shape index (κ3) is 4.63. The van der Waals surface area contributed by atoms with E-state index in [4.69, 9.17) is 4.98 Å². The maximum Gasteiger partial charge on any atom is 0.248 e. The number of nitrogens with zero attached hydrogens (tertiary/aromatic N) is 3. The Labute approximate surface area is 173 Å². The molecule has 1 aromatic heterocycles. The van der Waals surface area contributed by atoms with Crippen molar-refractivity contribution in [3.8, 4) is 0 Å². The zero-order valence-electron chi connectivity index (χ0n) is 16.4. The molecule has 0 unspecified atom stereocenters. The Morgan fingerprint density at radius 2 is 2.07 bits per heavy atom. The van der Waals surface area contributed by atoms with Crippen LogP contribution in [0.5, 0.6) is 0 Å². The summed E-state index contributed by atoms with van der Waals surface area (Å²) in [6.07, 6.45) is 4.25. The number of likely N-dealkylation sites (N-methyl/N-ethyl adjacent to an activating group) is 1. The molecule has 0 radical (unpaired) electrons. The van der Waals surface area contributed by atoms with Crippen LogP contribution in [0, 0.1) is 5.82 Å². The number of hydrogen-bond donors (Lipinski definition) is 1. The molecule has 1 fully saturated rings. The maximum absolute atomic E-state index is 12.9. The highest BCUT2D eigenvalue weighted by Crippen LogP contribution is 2.33. The van der Waals surface area contributed by atoms with E-state index in [2.05, 4.69) is 29.2 Å². The quantitative estimate of drug-likeness (QED) is 0.640. The highest BCUT2D eigenvalue weighted by molar-refractivity contribution is 7.22. The molecule has 1 N–H and O–H groups in total. The number of carbonyl (C=O) groups excluding carboxylic acids is 1. The summed E-state index contributed by atoms with van der Waals surface area (Å²) < 4.78 is 14.0. The summed E-state index contributed by atoms with van der Waals surface area (Å²) in [7, 11) is 4.23. The Kier molecular flexibility index (Phi) is 5.60. The highest BCUT2D eigenvalue weighted by Gasteiger charge is 2.26. The average Bonchev–Trinajstić information content (AvgIpc) is 3.34. The summed E-state index contributed by atoms with van der Waals surface area (Å²) in [5.41, 5.74) is 2.44. The van der Waals surface area contributed by atoms with E-state index in [1.165, 1.54) is 18.2 Å². The lowest BCUT2D eigenvalue weighted by atomic mass is 10.2. The van der Waals surface area contributed by atoms with Crippen LogP contribution in [-0.4, -0.2) is 49.0 Å². The van der Waals surface area contributed by atoms with E-state index in [-0.39, 0.29) is 11.7 Å². The first-order chi connectivity index (χ1) is 14.0. The van der Waals surface area contributed by atoms with Crippen LogP contribution >= 0.6 is 11.3 Å². The predicted molar refractivity (Wildman–Crippen MR) is 118 cm³/mol. The molecule has 3 aromatic rings. The SMILES string of the molecule is CN(C)[C@@H]1CCN(c2nc3ccc(NC(=O)C=Cc4ccc(F)cc4)cc3s2)C1. The molecule has 2 heterocycles. The second-order valence-electron chi connectivity index (χ2n) is 7.41. The lowest BCUT2D eigenvalue weighted by molar-refractivity contribution is -0.111. The van der Waals surface area contributed by atoms with Gasteiger partial charge in [-0.25, -0.2) is 9.37 Å². The van der Waals surface area contributed by atoms with Crippen molar-refractivity contribution in [2.45, 2.75) is 12.5 Å². The van der Waals surface area contributed by atoms with Crippen molar-refractivity contribution >= 4 is 44.4 Å². The van der Waals surface area contributed by atoms with Gasteiger partial charge in [-0.2, -0.15) is 0 Å². The van der Waals surface area contributed by atoms with Gasteiger partial charge in [0.2, 0.25) is 5.91 Å². The van der Waals surface area contributed by atoms with Gasteiger partial charge in [0.1, 0.15) is 5.82 Å². The molecule has 1 aliphatic heterocycles. The van der Waals surface area contributed by atoms with Gasteiger partial charge in [0, 0.05) is 30.9 Å². The summed E-state index contributed by atoms with van der Waals surface area (Å²) >= 11 is 1.65. The van der Waals surface area contributed by atoms with E-state index in [0.717, 1.165) is 46.1 Å². The number of nitrogens with one attached hydrogen (secondary N) is 1. The first kappa shape index (κ1) is 19.5. The summed E-state index contributed by atoms with van der Waals surface area (Å²) in [6.45, 7) is 2.00. The first-order valence-electron chi connectivity index (χ1n) is 9.54. The normalized spacial score (nSPS) is 17.0. The maximum atomic E-state index is 12.9. The zero-order valence-corrected chi connectivity index (χ0v) is 17.2. The number of carbonyl (C=O) groups is 1. The number of benzene rings is 2. The Balaban J connectivity index is 1.43. The van der Waals surface area contributed by atoms with Crippen LogP contribution in [0.4, 0.5) is 15.2 Å². The fourth-order valence-electron chi connectivity index (χ4n) is 3.39. The van der Waals surface area contributed by atoms with Crippen molar-refractivity contribution in [1.29, 1.82) is 0 Å². The fourth-order valence-corrected chi connectivity index (χ4v) is 4.43. The van der Waals surface area contributed by atoms with Crippen LogP contribution in [0.3, 0.4) is 0 Å². The third-order valence-corrected chi connectivity index (χ3v) is 6.19. The van der Waals surface area contributed by atoms with Gasteiger partial charge < -0.3 is 15.1 Å². The standard InChI is InChI=1S/C22H23FN4OS/c1-26(2)18-11-12-27(14-18)22-25-19-9-8-17(13-20(19)29-22)24-21(28)10-5-15-3-6-16(23)7-4-15/h3-10,13,18H,11-12,14H2,1-2H3,(H,24,28)/t18-/m1/s1. The molecule has 7 heteroatoms. The molecule has 150 valence electrons.